The molecule has 1 N–H and O–H groups in total. The van der Waals surface area contributed by atoms with Crippen LogP contribution in [0.5, 0.6) is 5.75 Å². The molecule has 0 aromatic heterocycles. The molecule has 0 radical (unpaired) electrons. The highest BCUT2D eigenvalue weighted by atomic mass is 32.2. The second-order valence-corrected chi connectivity index (χ2v) is 10.6. The lowest BCUT2D eigenvalue weighted by atomic mass is 9.92. The van der Waals surface area contributed by atoms with Crippen molar-refractivity contribution in [1.29, 1.82) is 0 Å². The Bertz CT molecular complexity index is 939. The molecule has 2 atom stereocenters. The highest BCUT2D eigenvalue weighted by Crippen LogP contribution is 2.31. The van der Waals surface area contributed by atoms with Crippen LogP contribution in [0.25, 0.3) is 0 Å². The highest BCUT2D eigenvalue weighted by Gasteiger charge is 2.26. The van der Waals surface area contributed by atoms with Gasteiger partial charge in [0.25, 0.3) is 0 Å². The van der Waals surface area contributed by atoms with Crippen LogP contribution in [0, 0.1) is 23.6 Å². The van der Waals surface area contributed by atoms with Gasteiger partial charge < -0.3 is 4.74 Å². The van der Waals surface area contributed by atoms with E-state index in [-0.39, 0.29) is 40.0 Å². The van der Waals surface area contributed by atoms with Crippen LogP contribution >= 0.6 is 0 Å². The summed E-state index contributed by atoms with van der Waals surface area (Å²) in [6.45, 7) is 2.24. The molecule has 2 amide bonds. The van der Waals surface area contributed by atoms with Crippen LogP contribution < -0.4 is 10.1 Å². The number of benzene rings is 1. The second kappa shape index (κ2) is 10.4. The molecule has 1 saturated carbocycles. The van der Waals surface area contributed by atoms with Crippen LogP contribution in [0.1, 0.15) is 51.9 Å². The monoisotopic (exact) mass is 451 g/mol. The minimum Gasteiger partial charge on any atom is -0.490 e. The molecule has 1 heterocycles. The van der Waals surface area contributed by atoms with Crippen molar-refractivity contribution in [3.8, 4) is 5.75 Å². The molecule has 3 rings (SSSR count). The normalized spacial score (nSPS) is 20.6. The summed E-state index contributed by atoms with van der Waals surface area (Å²) in [7, 11) is -3.58. The molecular formula is C23H30FNO5S. The molecule has 1 aromatic rings. The number of carbonyl (C=O) groups excluding carboxylic acids is 2. The zero-order chi connectivity index (χ0) is 22.4. The second-order valence-electron chi connectivity index (χ2n) is 8.61. The number of allylic oxidation sites excluding steroid dienone is 2. The first kappa shape index (κ1) is 23.4. The van der Waals surface area contributed by atoms with Crippen molar-refractivity contribution >= 4 is 21.7 Å². The van der Waals surface area contributed by atoms with E-state index in [0.717, 1.165) is 31.7 Å². The molecule has 1 aromatic carbocycles. The Morgan fingerprint density at radius 1 is 1.26 bits per heavy atom. The van der Waals surface area contributed by atoms with Gasteiger partial charge in [0, 0.05) is 18.4 Å². The van der Waals surface area contributed by atoms with Crippen LogP contribution in [-0.2, 0) is 19.4 Å². The van der Waals surface area contributed by atoms with E-state index in [9.17, 15) is 22.4 Å². The maximum atomic E-state index is 13.9. The Morgan fingerprint density at radius 3 is 2.74 bits per heavy atom. The number of rotatable bonds is 11. The van der Waals surface area contributed by atoms with Crippen LogP contribution in [0.4, 0.5) is 4.39 Å². The molecule has 8 heteroatoms. The lowest BCUT2D eigenvalue weighted by Gasteiger charge is -2.20. The number of imide groups is 1. The molecule has 0 bridgehead atoms. The molecule has 6 nitrogen and oxygen atoms in total. The standard InChI is InChI=1S/C23H30FNO5S/c1-16(5-3-2-4-6-18-9-12-22(26)25-23(18)27)15-31(28,29)19-10-11-20(24)21(13-19)30-14-17-7-8-17/h3,5,10-11,13,16-18H,2,4,6-9,12,14-15H2,1H3,(H,25,26,27)/b5-3+/t16-,18?/m0/s1. The first-order valence-corrected chi connectivity index (χ1v) is 12.6. The summed E-state index contributed by atoms with van der Waals surface area (Å²) in [5.41, 5.74) is 0. The summed E-state index contributed by atoms with van der Waals surface area (Å²) in [6.07, 6.45) is 9.13. The number of unbranched alkanes of at least 4 members (excludes halogenated alkanes) is 1. The average molecular weight is 452 g/mol. The Morgan fingerprint density at radius 2 is 2.03 bits per heavy atom. The third kappa shape index (κ3) is 7.16. The van der Waals surface area contributed by atoms with E-state index >= 15 is 0 Å². The fourth-order valence-corrected chi connectivity index (χ4v) is 5.16. The quantitative estimate of drug-likeness (QED) is 0.239. The van der Waals surface area contributed by atoms with Crippen molar-refractivity contribution in [2.24, 2.45) is 17.8 Å². The first-order valence-electron chi connectivity index (χ1n) is 10.9. The number of amides is 2. The van der Waals surface area contributed by atoms with Gasteiger partial charge in [-0.1, -0.05) is 19.1 Å². The number of hydrogen-bond donors (Lipinski definition) is 1. The van der Waals surface area contributed by atoms with Crippen LogP contribution in [0.3, 0.4) is 0 Å². The molecular weight excluding hydrogens is 421 g/mol. The van der Waals surface area contributed by atoms with E-state index in [2.05, 4.69) is 5.32 Å². The zero-order valence-corrected chi connectivity index (χ0v) is 18.6. The summed E-state index contributed by atoms with van der Waals surface area (Å²) >= 11 is 0. The molecule has 1 saturated heterocycles. The highest BCUT2D eigenvalue weighted by molar-refractivity contribution is 7.91. The van der Waals surface area contributed by atoms with Gasteiger partial charge in [0.15, 0.2) is 21.4 Å². The summed E-state index contributed by atoms with van der Waals surface area (Å²) in [4.78, 5) is 23.0. The smallest absolute Gasteiger partial charge is 0.229 e. The van der Waals surface area contributed by atoms with Gasteiger partial charge >= 0.3 is 0 Å². The molecule has 1 aliphatic heterocycles. The molecule has 0 spiro atoms. The van der Waals surface area contributed by atoms with Crippen molar-refractivity contribution < 1.29 is 27.1 Å². The van der Waals surface area contributed by atoms with E-state index in [1.807, 2.05) is 19.1 Å². The Kier molecular flexibility index (Phi) is 7.86. The Hall–Kier alpha value is -2.22. The van der Waals surface area contributed by atoms with Gasteiger partial charge in [0.2, 0.25) is 11.8 Å². The number of piperidine rings is 1. The lowest BCUT2D eigenvalue weighted by molar-refractivity contribution is -0.136. The fraction of sp³-hybridized carbons (Fsp3) is 0.565. The summed E-state index contributed by atoms with van der Waals surface area (Å²) < 4.78 is 44.9. The van der Waals surface area contributed by atoms with Gasteiger partial charge in [-0.15, -0.1) is 0 Å². The molecule has 1 unspecified atom stereocenters. The number of hydrogen-bond acceptors (Lipinski definition) is 5. The third-order valence-corrected chi connectivity index (χ3v) is 7.59. The Balaban J connectivity index is 1.46. The van der Waals surface area contributed by atoms with Crippen molar-refractivity contribution in [2.45, 2.75) is 56.8 Å². The fourth-order valence-electron chi connectivity index (χ4n) is 3.60. The van der Waals surface area contributed by atoms with Crippen LogP contribution in [0.15, 0.2) is 35.2 Å². The molecule has 31 heavy (non-hydrogen) atoms. The third-order valence-electron chi connectivity index (χ3n) is 5.66. The van der Waals surface area contributed by atoms with Gasteiger partial charge in [-0.25, -0.2) is 12.8 Å². The number of carbonyl (C=O) groups is 2. The average Bonchev–Trinajstić information content (AvgIpc) is 3.52. The SMILES string of the molecule is C[C@@H](/C=C/CCCC1CCC(=O)NC1=O)CS(=O)(=O)c1ccc(F)c(OCC2CC2)c1. The molecule has 2 fully saturated rings. The summed E-state index contributed by atoms with van der Waals surface area (Å²) in [5, 5.41) is 2.36. The largest absolute Gasteiger partial charge is 0.490 e. The van der Waals surface area contributed by atoms with Crippen LogP contribution in [0.2, 0.25) is 0 Å². The van der Waals surface area contributed by atoms with Crippen molar-refractivity contribution in [3.05, 3.63) is 36.2 Å². The minimum atomic E-state index is -3.58. The summed E-state index contributed by atoms with van der Waals surface area (Å²) in [6, 6.07) is 3.71. The van der Waals surface area contributed by atoms with E-state index < -0.39 is 15.7 Å². The maximum Gasteiger partial charge on any atom is 0.229 e. The number of ether oxygens (including phenoxy) is 1. The molecule has 170 valence electrons. The van der Waals surface area contributed by atoms with Crippen molar-refractivity contribution in [2.75, 3.05) is 12.4 Å². The zero-order valence-electron chi connectivity index (χ0n) is 17.8. The van der Waals surface area contributed by atoms with E-state index in [4.69, 9.17) is 4.74 Å². The maximum absolute atomic E-state index is 13.9. The van der Waals surface area contributed by atoms with Crippen LogP contribution in [-0.4, -0.2) is 32.6 Å². The Labute approximate surface area is 183 Å². The van der Waals surface area contributed by atoms with Gasteiger partial charge in [0.05, 0.1) is 17.3 Å². The van der Waals surface area contributed by atoms with E-state index in [1.165, 1.54) is 12.1 Å². The topological polar surface area (TPSA) is 89.5 Å². The predicted molar refractivity (Wildman–Crippen MR) is 115 cm³/mol. The van der Waals surface area contributed by atoms with Gasteiger partial charge in [0.1, 0.15) is 0 Å². The van der Waals surface area contributed by atoms with Crippen molar-refractivity contribution in [1.82, 2.24) is 5.32 Å². The van der Waals surface area contributed by atoms with Crippen molar-refractivity contribution in [3.63, 3.8) is 0 Å². The lowest BCUT2D eigenvalue weighted by Crippen LogP contribution is -2.40. The van der Waals surface area contributed by atoms with Gasteiger partial charge in [-0.3, -0.25) is 14.9 Å². The van der Waals surface area contributed by atoms with E-state index in [1.54, 1.807) is 0 Å². The number of sulfone groups is 1. The van der Waals surface area contributed by atoms with E-state index in [0.29, 0.717) is 31.8 Å². The number of nitrogens with one attached hydrogen (secondary N) is 1. The number of halogens is 1. The minimum absolute atomic E-state index is 0.00961. The first-order chi connectivity index (χ1) is 14.7. The van der Waals surface area contributed by atoms with Gasteiger partial charge in [-0.2, -0.15) is 0 Å². The van der Waals surface area contributed by atoms with Gasteiger partial charge in [-0.05, 0) is 62.5 Å². The summed E-state index contributed by atoms with van der Waals surface area (Å²) in [5.74, 6) is -0.934. The predicted octanol–water partition coefficient (Wildman–Crippen LogP) is 3.80. The molecule has 1 aliphatic carbocycles. The molecule has 2 aliphatic rings.